The van der Waals surface area contributed by atoms with E-state index >= 15 is 0 Å². The second-order valence-electron chi connectivity index (χ2n) is 3.44. The quantitative estimate of drug-likeness (QED) is 0.734. The first kappa shape index (κ1) is 10.1. The van der Waals surface area contributed by atoms with Gasteiger partial charge in [-0.1, -0.05) is 0 Å². The number of aromatic amines is 1. The molecule has 1 aliphatic heterocycles. The monoisotopic (exact) mass is 214 g/mol. The molecule has 1 aromatic heterocycles. The molecule has 82 valence electrons. The Labute approximate surface area is 84.5 Å². The summed E-state index contributed by atoms with van der Waals surface area (Å²) in [5.74, 6) is -0.969. The van der Waals surface area contributed by atoms with Gasteiger partial charge in [0, 0.05) is 12.8 Å². The van der Waals surface area contributed by atoms with Gasteiger partial charge in [-0.05, 0) is 19.3 Å². The van der Waals surface area contributed by atoms with Crippen LogP contribution < -0.4 is 11.2 Å². The molecule has 6 heteroatoms. The van der Waals surface area contributed by atoms with Gasteiger partial charge in [0.15, 0.2) is 0 Å². The second kappa shape index (κ2) is 3.98. The van der Waals surface area contributed by atoms with E-state index in [0.29, 0.717) is 13.0 Å². The summed E-state index contributed by atoms with van der Waals surface area (Å²) in [7, 11) is 0. The lowest BCUT2D eigenvalue weighted by Crippen LogP contribution is -2.41. The Kier molecular flexibility index (Phi) is 2.68. The summed E-state index contributed by atoms with van der Waals surface area (Å²) in [5, 5.41) is 0. The van der Waals surface area contributed by atoms with Crippen molar-refractivity contribution in [1.82, 2.24) is 9.55 Å². The van der Waals surface area contributed by atoms with E-state index in [1.165, 1.54) is 0 Å². The SMILES string of the molecule is O=c1[nH]cc(F)c(=O)n1C1CCCCO1. The van der Waals surface area contributed by atoms with Crippen molar-refractivity contribution in [3.63, 3.8) is 0 Å². The van der Waals surface area contributed by atoms with E-state index in [-0.39, 0.29) is 0 Å². The molecule has 1 aromatic rings. The van der Waals surface area contributed by atoms with E-state index in [2.05, 4.69) is 4.98 Å². The highest BCUT2D eigenvalue weighted by atomic mass is 19.1. The van der Waals surface area contributed by atoms with Crippen molar-refractivity contribution in [2.24, 2.45) is 0 Å². The molecule has 2 rings (SSSR count). The highest BCUT2D eigenvalue weighted by Gasteiger charge is 2.20. The zero-order valence-electron chi connectivity index (χ0n) is 8.03. The number of rotatable bonds is 1. The molecule has 0 aromatic carbocycles. The fourth-order valence-corrected chi connectivity index (χ4v) is 1.65. The van der Waals surface area contributed by atoms with Crippen molar-refractivity contribution in [2.45, 2.75) is 25.5 Å². The van der Waals surface area contributed by atoms with Crippen LogP contribution in [0.3, 0.4) is 0 Å². The number of halogens is 1. The smallest absolute Gasteiger partial charge is 0.330 e. The van der Waals surface area contributed by atoms with Crippen LogP contribution in [0.2, 0.25) is 0 Å². The summed E-state index contributed by atoms with van der Waals surface area (Å²) < 4.78 is 19.0. The molecule has 0 radical (unpaired) electrons. The van der Waals surface area contributed by atoms with Crippen molar-refractivity contribution < 1.29 is 9.13 Å². The van der Waals surface area contributed by atoms with Crippen molar-refractivity contribution in [1.29, 1.82) is 0 Å². The van der Waals surface area contributed by atoms with E-state index < -0.39 is 23.3 Å². The minimum absolute atomic E-state index is 0.493. The van der Waals surface area contributed by atoms with E-state index in [1.807, 2.05) is 0 Å². The molecule has 5 nitrogen and oxygen atoms in total. The summed E-state index contributed by atoms with van der Waals surface area (Å²) >= 11 is 0. The van der Waals surface area contributed by atoms with Crippen molar-refractivity contribution in [3.05, 3.63) is 32.9 Å². The van der Waals surface area contributed by atoms with Gasteiger partial charge in [0.05, 0.1) is 0 Å². The Balaban J connectivity index is 2.46. The zero-order chi connectivity index (χ0) is 10.8. The maximum Gasteiger partial charge on any atom is 0.330 e. The highest BCUT2D eigenvalue weighted by molar-refractivity contribution is 4.88. The molecule has 0 amide bonds. The standard InChI is InChI=1S/C9H11FN2O3/c10-6-5-11-9(14)12(8(6)13)7-3-1-2-4-15-7/h5,7H,1-4H2,(H,11,14). The maximum atomic E-state index is 13.0. The van der Waals surface area contributed by atoms with Crippen molar-refractivity contribution >= 4 is 0 Å². The largest absolute Gasteiger partial charge is 0.358 e. The third-order valence-electron chi connectivity index (χ3n) is 2.41. The molecular weight excluding hydrogens is 203 g/mol. The Hall–Kier alpha value is -1.43. The Morgan fingerprint density at radius 2 is 2.27 bits per heavy atom. The highest BCUT2D eigenvalue weighted by Crippen LogP contribution is 2.19. The summed E-state index contributed by atoms with van der Waals surface area (Å²) in [5.41, 5.74) is -1.56. The average molecular weight is 214 g/mol. The van der Waals surface area contributed by atoms with Crippen LogP contribution in [0.15, 0.2) is 15.8 Å². The average Bonchev–Trinajstić information content (AvgIpc) is 2.26. The number of hydrogen-bond donors (Lipinski definition) is 1. The zero-order valence-corrected chi connectivity index (χ0v) is 8.03. The Bertz CT molecular complexity index is 459. The fourth-order valence-electron chi connectivity index (χ4n) is 1.65. The van der Waals surface area contributed by atoms with E-state index in [4.69, 9.17) is 4.74 Å². The van der Waals surface area contributed by atoms with Gasteiger partial charge in [-0.15, -0.1) is 0 Å². The molecule has 0 aliphatic carbocycles. The topological polar surface area (TPSA) is 64.1 Å². The lowest BCUT2D eigenvalue weighted by molar-refractivity contribution is -0.0374. The maximum absolute atomic E-state index is 13.0. The number of nitrogens with zero attached hydrogens (tertiary/aromatic N) is 1. The van der Waals surface area contributed by atoms with E-state index in [9.17, 15) is 14.0 Å². The van der Waals surface area contributed by atoms with Gasteiger partial charge in [-0.3, -0.25) is 4.79 Å². The second-order valence-corrected chi connectivity index (χ2v) is 3.44. The third-order valence-corrected chi connectivity index (χ3v) is 2.41. The molecule has 1 aliphatic rings. The molecule has 1 atom stereocenters. The first-order valence-electron chi connectivity index (χ1n) is 4.81. The molecule has 0 spiro atoms. The van der Waals surface area contributed by atoms with Gasteiger partial charge in [-0.25, -0.2) is 9.36 Å². The minimum Gasteiger partial charge on any atom is -0.358 e. The Morgan fingerprint density at radius 3 is 2.93 bits per heavy atom. The summed E-state index contributed by atoms with van der Waals surface area (Å²) in [6, 6.07) is 0. The number of nitrogens with one attached hydrogen (secondary N) is 1. The predicted molar refractivity (Wildman–Crippen MR) is 50.1 cm³/mol. The first-order chi connectivity index (χ1) is 7.20. The van der Waals surface area contributed by atoms with Gasteiger partial charge in [0.2, 0.25) is 5.82 Å². The lowest BCUT2D eigenvalue weighted by Gasteiger charge is -2.23. The van der Waals surface area contributed by atoms with E-state index in [0.717, 1.165) is 23.6 Å². The van der Waals surface area contributed by atoms with Crippen LogP contribution in [0.25, 0.3) is 0 Å². The van der Waals surface area contributed by atoms with Crippen LogP contribution in [0.1, 0.15) is 25.5 Å². The van der Waals surface area contributed by atoms with Gasteiger partial charge < -0.3 is 9.72 Å². The van der Waals surface area contributed by atoms with Gasteiger partial charge in [0.1, 0.15) is 6.23 Å². The number of aromatic nitrogens is 2. The summed E-state index contributed by atoms with van der Waals surface area (Å²) in [4.78, 5) is 24.9. The molecule has 0 bridgehead atoms. The molecular formula is C9H11FN2O3. The normalized spacial score (nSPS) is 21.5. The summed E-state index contributed by atoms with van der Waals surface area (Å²) in [6.07, 6.45) is 2.47. The third kappa shape index (κ3) is 1.85. The number of hydrogen-bond acceptors (Lipinski definition) is 3. The van der Waals surface area contributed by atoms with Crippen LogP contribution in [0, 0.1) is 5.82 Å². The fraction of sp³-hybridized carbons (Fsp3) is 0.556. The first-order valence-corrected chi connectivity index (χ1v) is 4.81. The molecule has 1 N–H and O–H groups in total. The van der Waals surface area contributed by atoms with Crippen molar-refractivity contribution in [2.75, 3.05) is 6.61 Å². The summed E-state index contributed by atoms with van der Waals surface area (Å²) in [6.45, 7) is 0.493. The van der Waals surface area contributed by atoms with Gasteiger partial charge in [-0.2, -0.15) is 4.39 Å². The molecule has 0 saturated carbocycles. The van der Waals surface area contributed by atoms with E-state index in [1.54, 1.807) is 0 Å². The van der Waals surface area contributed by atoms with Gasteiger partial charge >= 0.3 is 5.69 Å². The molecule has 1 fully saturated rings. The number of ether oxygens (including phenoxy) is 1. The van der Waals surface area contributed by atoms with Crippen LogP contribution in [0.5, 0.6) is 0 Å². The number of H-pyrrole nitrogens is 1. The van der Waals surface area contributed by atoms with Crippen LogP contribution in [0.4, 0.5) is 4.39 Å². The Morgan fingerprint density at radius 1 is 1.47 bits per heavy atom. The lowest BCUT2D eigenvalue weighted by atomic mass is 10.2. The van der Waals surface area contributed by atoms with Crippen LogP contribution in [-0.2, 0) is 4.74 Å². The van der Waals surface area contributed by atoms with Crippen molar-refractivity contribution in [3.8, 4) is 0 Å². The molecule has 15 heavy (non-hydrogen) atoms. The van der Waals surface area contributed by atoms with Crippen LogP contribution >= 0.6 is 0 Å². The molecule has 1 saturated heterocycles. The minimum atomic E-state index is -0.969. The molecule has 1 unspecified atom stereocenters. The van der Waals surface area contributed by atoms with Gasteiger partial charge in [0.25, 0.3) is 5.56 Å². The van der Waals surface area contributed by atoms with Crippen LogP contribution in [-0.4, -0.2) is 16.2 Å². The molecule has 2 heterocycles. The predicted octanol–water partition coefficient (Wildman–Crippen LogP) is 0.375.